The maximum Gasteiger partial charge on any atom is 0.119 e. The fourth-order valence-corrected chi connectivity index (χ4v) is 5.85. The van der Waals surface area contributed by atoms with Crippen LogP contribution in [0.3, 0.4) is 0 Å². The molecule has 3 atom stereocenters. The van der Waals surface area contributed by atoms with E-state index < -0.39 is 6.10 Å². The van der Waals surface area contributed by atoms with Crippen molar-refractivity contribution in [2.24, 2.45) is 5.92 Å². The van der Waals surface area contributed by atoms with Crippen LogP contribution in [0.4, 0.5) is 0 Å². The molecule has 4 rings (SSSR count). The molecule has 0 saturated heterocycles. The Morgan fingerprint density at radius 3 is 2.77 bits per heavy atom. The van der Waals surface area contributed by atoms with Gasteiger partial charge in [0.2, 0.25) is 0 Å². The van der Waals surface area contributed by atoms with Crippen molar-refractivity contribution in [3.05, 3.63) is 71.8 Å². The van der Waals surface area contributed by atoms with Crippen molar-refractivity contribution in [3.63, 3.8) is 0 Å². The number of aryl methyl sites for hydroxylation is 1. The molecule has 3 heteroatoms. The Balaban J connectivity index is 1.40. The van der Waals surface area contributed by atoms with Crippen LogP contribution in [0, 0.1) is 5.92 Å². The van der Waals surface area contributed by atoms with Gasteiger partial charge in [0, 0.05) is 0 Å². The van der Waals surface area contributed by atoms with Crippen LogP contribution in [0.25, 0.3) is 0 Å². The third-order valence-electron chi connectivity index (χ3n) is 7.46. The van der Waals surface area contributed by atoms with Crippen molar-refractivity contribution in [1.82, 2.24) is 0 Å². The fraction of sp³-hybridized carbons (Fsp3) is 0.500. The summed E-state index contributed by atoms with van der Waals surface area (Å²) in [6, 6.07) is 16.4. The van der Waals surface area contributed by atoms with Crippen LogP contribution >= 0.6 is 0 Å². The summed E-state index contributed by atoms with van der Waals surface area (Å²) in [4.78, 5) is 0. The zero-order valence-corrected chi connectivity index (χ0v) is 18.8. The predicted molar refractivity (Wildman–Crippen MR) is 126 cm³/mol. The summed E-state index contributed by atoms with van der Waals surface area (Å²) in [5.41, 5.74) is 4.37. The summed E-state index contributed by atoms with van der Waals surface area (Å²) in [5.74, 6) is 2.51. The molecule has 31 heavy (non-hydrogen) atoms. The van der Waals surface area contributed by atoms with Crippen LogP contribution < -0.4 is 9.47 Å². The highest BCUT2D eigenvalue weighted by molar-refractivity contribution is 5.44. The Hall–Kier alpha value is -2.26. The van der Waals surface area contributed by atoms with Crippen LogP contribution in [-0.4, -0.2) is 24.9 Å². The molecule has 0 heterocycles. The lowest BCUT2D eigenvalue weighted by Gasteiger charge is -2.49. The molecule has 0 bridgehead atoms. The van der Waals surface area contributed by atoms with Gasteiger partial charge in [0.05, 0.1) is 13.2 Å². The Labute approximate surface area is 187 Å². The van der Waals surface area contributed by atoms with Crippen LogP contribution in [-0.2, 0) is 11.8 Å². The zero-order valence-electron chi connectivity index (χ0n) is 18.8. The number of benzene rings is 2. The number of aliphatic hydroxyl groups excluding tert-OH is 1. The average molecular weight is 421 g/mol. The lowest BCUT2D eigenvalue weighted by atomic mass is 9.55. The van der Waals surface area contributed by atoms with Crippen molar-refractivity contribution in [2.75, 3.05) is 13.7 Å². The van der Waals surface area contributed by atoms with E-state index in [9.17, 15) is 5.11 Å². The largest absolute Gasteiger partial charge is 0.497 e. The smallest absolute Gasteiger partial charge is 0.119 e. The molecular formula is C28H36O3. The van der Waals surface area contributed by atoms with Gasteiger partial charge in [-0.15, -0.1) is 0 Å². The second-order valence-electron chi connectivity index (χ2n) is 9.39. The number of fused-ring (bicyclic) bond motifs is 3. The molecule has 2 aliphatic carbocycles. The van der Waals surface area contributed by atoms with Crippen LogP contribution in [0.15, 0.2) is 60.7 Å². The molecule has 166 valence electrons. The van der Waals surface area contributed by atoms with Gasteiger partial charge in [0.1, 0.15) is 18.1 Å². The van der Waals surface area contributed by atoms with Gasteiger partial charge < -0.3 is 14.6 Å². The molecule has 0 aromatic heterocycles. The second kappa shape index (κ2) is 9.91. The van der Waals surface area contributed by atoms with Crippen LogP contribution in [0.5, 0.6) is 11.5 Å². The summed E-state index contributed by atoms with van der Waals surface area (Å²) in [6.45, 7) is 4.62. The first-order chi connectivity index (χ1) is 15.1. The van der Waals surface area contributed by atoms with Crippen molar-refractivity contribution < 1.29 is 14.6 Å². The molecule has 0 spiro atoms. The lowest BCUT2D eigenvalue weighted by Crippen LogP contribution is -2.42. The normalized spacial score (nSPS) is 23.4. The predicted octanol–water partition coefficient (Wildman–Crippen LogP) is 6.24. The third kappa shape index (κ3) is 4.98. The summed E-state index contributed by atoms with van der Waals surface area (Å²) in [5, 5.41) is 10.5. The van der Waals surface area contributed by atoms with E-state index in [2.05, 4.69) is 24.8 Å². The van der Waals surface area contributed by atoms with E-state index in [1.165, 1.54) is 49.7 Å². The van der Waals surface area contributed by atoms with Crippen molar-refractivity contribution in [2.45, 2.75) is 69.3 Å². The minimum atomic E-state index is -0.522. The number of methoxy groups -OCH3 is 1. The van der Waals surface area contributed by atoms with Gasteiger partial charge in [-0.25, -0.2) is 0 Å². The van der Waals surface area contributed by atoms with Gasteiger partial charge in [0.15, 0.2) is 0 Å². The molecule has 1 fully saturated rings. The first-order valence-electron chi connectivity index (χ1n) is 11.8. The van der Waals surface area contributed by atoms with E-state index in [0.29, 0.717) is 13.0 Å². The maximum absolute atomic E-state index is 10.5. The standard InChI is InChI=1S/C28H36O3/c1-21(18-24(29)20-31-25-9-4-3-5-10-25)15-17-28-16-7-6-8-23(28)13-11-22-12-14-26(30-2)19-27(22)28/h3-5,9-10,12,14,19,23-24,29H,1,6-8,11,13,15-18,20H2,2H3/t23?,24?,28-/m0/s1. The number of ether oxygens (including phenoxy) is 2. The quantitative estimate of drug-likeness (QED) is 0.488. The first kappa shape index (κ1) is 22.0. The molecule has 2 aromatic carbocycles. The zero-order chi connectivity index (χ0) is 21.7. The van der Waals surface area contributed by atoms with Gasteiger partial charge in [-0.2, -0.15) is 0 Å². The van der Waals surface area contributed by atoms with Gasteiger partial charge in [-0.05, 0) is 91.7 Å². The van der Waals surface area contributed by atoms with E-state index in [4.69, 9.17) is 9.47 Å². The SMILES string of the molecule is C=C(CC[C@@]12CCCCC1CCc1ccc(OC)cc12)CC(O)COc1ccccc1. The molecule has 1 saturated carbocycles. The number of para-hydroxylation sites is 1. The van der Waals surface area contributed by atoms with Crippen molar-refractivity contribution in [1.29, 1.82) is 0 Å². The average Bonchev–Trinajstić information content (AvgIpc) is 2.81. The van der Waals surface area contributed by atoms with E-state index in [0.717, 1.165) is 35.8 Å². The molecule has 3 nitrogen and oxygen atoms in total. The summed E-state index contributed by atoms with van der Waals surface area (Å²) >= 11 is 0. The van der Waals surface area contributed by atoms with Crippen molar-refractivity contribution >= 4 is 0 Å². The van der Waals surface area contributed by atoms with E-state index in [-0.39, 0.29) is 5.41 Å². The molecule has 2 aliphatic rings. The molecule has 1 N–H and O–H groups in total. The summed E-state index contributed by atoms with van der Waals surface area (Å²) < 4.78 is 11.3. The number of hydrogen-bond acceptors (Lipinski definition) is 3. The highest BCUT2D eigenvalue weighted by Crippen LogP contribution is 2.53. The highest BCUT2D eigenvalue weighted by atomic mass is 16.5. The van der Waals surface area contributed by atoms with Gasteiger partial charge in [-0.1, -0.05) is 49.3 Å². The monoisotopic (exact) mass is 420 g/mol. The lowest BCUT2D eigenvalue weighted by molar-refractivity contribution is 0.105. The van der Waals surface area contributed by atoms with E-state index >= 15 is 0 Å². The number of rotatable bonds is 9. The number of hydrogen-bond donors (Lipinski definition) is 1. The molecule has 2 aromatic rings. The molecule has 0 amide bonds. The van der Waals surface area contributed by atoms with Gasteiger partial charge in [-0.3, -0.25) is 0 Å². The molecule has 2 unspecified atom stereocenters. The highest BCUT2D eigenvalue weighted by Gasteiger charge is 2.45. The second-order valence-corrected chi connectivity index (χ2v) is 9.39. The van der Waals surface area contributed by atoms with Crippen LogP contribution in [0.1, 0.15) is 62.5 Å². The van der Waals surface area contributed by atoms with Crippen molar-refractivity contribution in [3.8, 4) is 11.5 Å². The summed E-state index contributed by atoms with van der Waals surface area (Å²) in [6.07, 6.45) is 9.85. The third-order valence-corrected chi connectivity index (χ3v) is 7.46. The Kier molecular flexibility index (Phi) is 7.02. The Morgan fingerprint density at radius 1 is 1.13 bits per heavy atom. The van der Waals surface area contributed by atoms with Crippen LogP contribution in [0.2, 0.25) is 0 Å². The number of aliphatic hydroxyl groups is 1. The fourth-order valence-electron chi connectivity index (χ4n) is 5.85. The minimum Gasteiger partial charge on any atom is -0.497 e. The Bertz CT molecular complexity index is 875. The van der Waals surface area contributed by atoms with E-state index in [1.54, 1.807) is 7.11 Å². The molecular weight excluding hydrogens is 384 g/mol. The van der Waals surface area contributed by atoms with E-state index in [1.807, 2.05) is 30.3 Å². The molecule has 0 radical (unpaired) electrons. The van der Waals surface area contributed by atoms with Gasteiger partial charge >= 0.3 is 0 Å². The maximum atomic E-state index is 10.5. The minimum absolute atomic E-state index is 0.231. The van der Waals surface area contributed by atoms with Gasteiger partial charge in [0.25, 0.3) is 0 Å². The molecule has 0 aliphatic heterocycles. The summed E-state index contributed by atoms with van der Waals surface area (Å²) in [7, 11) is 1.76. The first-order valence-corrected chi connectivity index (χ1v) is 11.8. The topological polar surface area (TPSA) is 38.7 Å². The Morgan fingerprint density at radius 2 is 1.97 bits per heavy atom.